The van der Waals surface area contributed by atoms with Crippen molar-refractivity contribution in [3.8, 4) is 0 Å². The van der Waals surface area contributed by atoms with Crippen molar-refractivity contribution in [3.63, 3.8) is 0 Å². The SMILES string of the molecule is CC1(c2cccc(F)c2F)OC(N)=C(O[Si](C)(C)C)C1=O. The number of carbonyl (C=O) groups is 1. The summed E-state index contributed by atoms with van der Waals surface area (Å²) in [5, 5.41) is 0. The van der Waals surface area contributed by atoms with Crippen LogP contribution in [0.5, 0.6) is 0 Å². The molecule has 0 fully saturated rings. The second kappa shape index (κ2) is 4.83. The van der Waals surface area contributed by atoms with Gasteiger partial charge in [-0.05, 0) is 32.6 Å². The van der Waals surface area contributed by atoms with Gasteiger partial charge in [0.1, 0.15) is 0 Å². The molecule has 2 rings (SSSR count). The third-order valence-electron chi connectivity index (χ3n) is 3.05. The van der Waals surface area contributed by atoms with Crippen molar-refractivity contribution in [2.24, 2.45) is 5.73 Å². The number of nitrogens with two attached hydrogens (primary N) is 1. The molecule has 2 N–H and O–H groups in total. The number of halogens is 2. The molecule has 21 heavy (non-hydrogen) atoms. The fraction of sp³-hybridized carbons (Fsp3) is 0.357. The van der Waals surface area contributed by atoms with Gasteiger partial charge in [-0.1, -0.05) is 12.1 Å². The van der Waals surface area contributed by atoms with Crippen molar-refractivity contribution in [3.05, 3.63) is 47.0 Å². The summed E-state index contributed by atoms with van der Waals surface area (Å²) in [4.78, 5) is 12.5. The minimum Gasteiger partial charge on any atom is -0.538 e. The Balaban J connectivity index is 2.44. The lowest BCUT2D eigenvalue weighted by Gasteiger charge is -2.24. The maximum atomic E-state index is 14.0. The lowest BCUT2D eigenvalue weighted by Crippen LogP contribution is -2.35. The summed E-state index contributed by atoms with van der Waals surface area (Å²) in [6.45, 7) is 6.97. The van der Waals surface area contributed by atoms with E-state index in [1.165, 1.54) is 19.1 Å². The van der Waals surface area contributed by atoms with Gasteiger partial charge >= 0.3 is 0 Å². The van der Waals surface area contributed by atoms with Crippen LogP contribution < -0.4 is 5.73 Å². The van der Waals surface area contributed by atoms with Crippen LogP contribution >= 0.6 is 0 Å². The lowest BCUT2D eigenvalue weighted by molar-refractivity contribution is -0.131. The van der Waals surface area contributed by atoms with E-state index in [1.807, 2.05) is 19.6 Å². The molecule has 1 aliphatic heterocycles. The summed E-state index contributed by atoms with van der Waals surface area (Å²) in [7, 11) is -2.10. The number of ether oxygens (including phenoxy) is 1. The van der Waals surface area contributed by atoms with Gasteiger partial charge in [-0.25, -0.2) is 8.78 Å². The Bertz CT molecular complexity index is 640. The zero-order chi connectivity index (χ0) is 16.0. The highest BCUT2D eigenvalue weighted by Gasteiger charge is 2.50. The quantitative estimate of drug-likeness (QED) is 0.872. The van der Waals surface area contributed by atoms with E-state index in [0.29, 0.717) is 0 Å². The molecule has 0 saturated heterocycles. The van der Waals surface area contributed by atoms with E-state index in [4.69, 9.17) is 14.9 Å². The highest BCUT2D eigenvalue weighted by Crippen LogP contribution is 2.39. The zero-order valence-corrected chi connectivity index (χ0v) is 13.3. The van der Waals surface area contributed by atoms with Crippen molar-refractivity contribution in [2.45, 2.75) is 32.2 Å². The minimum absolute atomic E-state index is 0.111. The van der Waals surface area contributed by atoms with E-state index in [-0.39, 0.29) is 17.2 Å². The molecule has 0 saturated carbocycles. The fourth-order valence-electron chi connectivity index (χ4n) is 2.09. The average molecular weight is 313 g/mol. The molecule has 1 heterocycles. The summed E-state index contributed by atoms with van der Waals surface area (Å²) in [5.41, 5.74) is 3.77. The first-order valence-corrected chi connectivity index (χ1v) is 9.84. The van der Waals surface area contributed by atoms with Crippen LogP contribution in [-0.4, -0.2) is 14.1 Å². The van der Waals surface area contributed by atoms with Gasteiger partial charge in [0, 0.05) is 5.56 Å². The van der Waals surface area contributed by atoms with Crippen LogP contribution in [0.2, 0.25) is 19.6 Å². The van der Waals surface area contributed by atoms with Crippen LogP contribution in [0.3, 0.4) is 0 Å². The Kier molecular flexibility index (Phi) is 3.57. The first-order valence-electron chi connectivity index (χ1n) is 6.43. The molecule has 7 heteroatoms. The summed E-state index contributed by atoms with van der Waals surface area (Å²) < 4.78 is 38.3. The number of hydrogen-bond donors (Lipinski definition) is 1. The second-order valence-corrected chi connectivity index (χ2v) is 10.4. The van der Waals surface area contributed by atoms with E-state index in [1.54, 1.807) is 0 Å². The van der Waals surface area contributed by atoms with E-state index in [0.717, 1.165) is 6.07 Å². The van der Waals surface area contributed by atoms with Gasteiger partial charge in [-0.3, -0.25) is 4.79 Å². The molecule has 4 nitrogen and oxygen atoms in total. The number of Topliss-reactive ketones (excluding diaryl/α,β-unsaturated/α-hetero) is 1. The monoisotopic (exact) mass is 313 g/mol. The normalized spacial score (nSPS) is 22.5. The summed E-state index contributed by atoms with van der Waals surface area (Å²) in [6.07, 6.45) is 0. The molecular weight excluding hydrogens is 296 g/mol. The highest BCUT2D eigenvalue weighted by molar-refractivity contribution is 6.70. The van der Waals surface area contributed by atoms with E-state index >= 15 is 0 Å². The van der Waals surface area contributed by atoms with Crippen LogP contribution in [0, 0.1) is 11.6 Å². The molecule has 114 valence electrons. The van der Waals surface area contributed by atoms with Gasteiger partial charge < -0.3 is 14.9 Å². The van der Waals surface area contributed by atoms with Crippen molar-refractivity contribution in [2.75, 3.05) is 0 Å². The molecule has 1 aromatic rings. The van der Waals surface area contributed by atoms with Gasteiger partial charge in [0.05, 0.1) is 0 Å². The van der Waals surface area contributed by atoms with Crippen molar-refractivity contribution >= 4 is 14.1 Å². The van der Waals surface area contributed by atoms with Crippen LogP contribution in [0.1, 0.15) is 12.5 Å². The van der Waals surface area contributed by atoms with Crippen LogP contribution in [-0.2, 0) is 19.6 Å². The highest BCUT2D eigenvalue weighted by atomic mass is 28.4. The van der Waals surface area contributed by atoms with Crippen LogP contribution in [0.15, 0.2) is 29.8 Å². The predicted octanol–water partition coefficient (Wildman–Crippen LogP) is 2.76. The van der Waals surface area contributed by atoms with Gasteiger partial charge in [0.25, 0.3) is 0 Å². The van der Waals surface area contributed by atoms with Gasteiger partial charge in [0.2, 0.25) is 31.3 Å². The fourth-order valence-corrected chi connectivity index (χ4v) is 2.90. The zero-order valence-electron chi connectivity index (χ0n) is 12.3. The van der Waals surface area contributed by atoms with Gasteiger partial charge in [-0.15, -0.1) is 0 Å². The van der Waals surface area contributed by atoms with Crippen LogP contribution in [0.4, 0.5) is 8.78 Å². The Morgan fingerprint density at radius 2 is 1.90 bits per heavy atom. The van der Waals surface area contributed by atoms with E-state index in [9.17, 15) is 13.6 Å². The molecule has 0 bridgehead atoms. The molecule has 1 aliphatic rings. The van der Waals surface area contributed by atoms with Crippen molar-refractivity contribution in [1.82, 2.24) is 0 Å². The number of carbonyl (C=O) groups excluding carboxylic acids is 1. The Morgan fingerprint density at radius 3 is 2.48 bits per heavy atom. The summed E-state index contributed by atoms with van der Waals surface area (Å²) in [6, 6.07) is 3.57. The first kappa shape index (κ1) is 15.5. The van der Waals surface area contributed by atoms with Crippen molar-refractivity contribution in [1.29, 1.82) is 0 Å². The second-order valence-electron chi connectivity index (χ2n) is 5.97. The predicted molar refractivity (Wildman–Crippen MR) is 75.4 cm³/mol. The smallest absolute Gasteiger partial charge is 0.249 e. The molecule has 1 aromatic carbocycles. The van der Waals surface area contributed by atoms with Crippen LogP contribution in [0.25, 0.3) is 0 Å². The van der Waals surface area contributed by atoms with E-state index in [2.05, 4.69) is 0 Å². The number of rotatable bonds is 3. The molecule has 0 amide bonds. The van der Waals surface area contributed by atoms with Gasteiger partial charge in [-0.2, -0.15) is 0 Å². The van der Waals surface area contributed by atoms with Crippen molar-refractivity contribution < 1.29 is 22.7 Å². The lowest BCUT2D eigenvalue weighted by atomic mass is 9.91. The molecule has 0 aliphatic carbocycles. The topological polar surface area (TPSA) is 61.6 Å². The first-order chi connectivity index (χ1) is 9.56. The summed E-state index contributed by atoms with van der Waals surface area (Å²) >= 11 is 0. The van der Waals surface area contributed by atoms with Gasteiger partial charge in [0.15, 0.2) is 11.6 Å². The largest absolute Gasteiger partial charge is 0.538 e. The number of ketones is 1. The molecule has 1 atom stereocenters. The molecule has 0 radical (unpaired) electrons. The molecule has 0 aromatic heterocycles. The Morgan fingerprint density at radius 1 is 1.29 bits per heavy atom. The third kappa shape index (κ3) is 2.65. The standard InChI is InChI=1S/C14H17F2NO3Si/c1-14(8-6-5-7-9(15)10(8)16)12(18)11(13(17)19-14)20-21(2,3)4/h5-7H,17H2,1-4H3. The van der Waals surface area contributed by atoms with E-state index < -0.39 is 31.3 Å². The number of hydrogen-bond acceptors (Lipinski definition) is 4. The average Bonchev–Trinajstić information content (AvgIpc) is 2.56. The maximum absolute atomic E-state index is 14.0. The third-order valence-corrected chi connectivity index (χ3v) is 3.87. The molecule has 0 spiro atoms. The number of benzene rings is 1. The molecular formula is C14H17F2NO3Si. The Labute approximate surface area is 122 Å². The Hall–Kier alpha value is -1.89. The molecule has 1 unspecified atom stereocenters. The summed E-state index contributed by atoms with van der Waals surface area (Å²) in [5.74, 6) is -3.10. The maximum Gasteiger partial charge on any atom is 0.249 e. The minimum atomic E-state index is -2.10.